The lowest BCUT2D eigenvalue weighted by atomic mass is 9.80. The van der Waals surface area contributed by atoms with Crippen molar-refractivity contribution in [2.45, 2.75) is 12.8 Å². The molecule has 3 heteroatoms. The van der Waals surface area contributed by atoms with E-state index in [1.165, 1.54) is 0 Å². The monoisotopic (exact) mass is 153 g/mol. The van der Waals surface area contributed by atoms with Crippen molar-refractivity contribution >= 4 is 11.6 Å². The number of hydrogen-bond acceptors (Lipinski definition) is 3. The van der Waals surface area contributed by atoms with Gasteiger partial charge in [0.05, 0.1) is 0 Å². The average molecular weight is 153 g/mol. The second kappa shape index (κ2) is 2.41. The minimum Gasteiger partial charge on any atom is -0.315 e. The number of carbonyl (C=O) groups excluding carboxylic acids is 2. The highest BCUT2D eigenvalue weighted by Crippen LogP contribution is 2.26. The molecule has 1 N–H and O–H groups in total. The van der Waals surface area contributed by atoms with Crippen molar-refractivity contribution in [1.29, 1.82) is 0 Å². The molecule has 0 amide bonds. The minimum atomic E-state index is 0.0104. The zero-order valence-corrected chi connectivity index (χ0v) is 6.30. The smallest absolute Gasteiger partial charge is 0.138 e. The first kappa shape index (κ1) is 6.98. The van der Waals surface area contributed by atoms with Crippen molar-refractivity contribution < 1.29 is 9.59 Å². The molecule has 0 bridgehead atoms. The molecule has 1 saturated heterocycles. The molecule has 0 aromatic rings. The maximum atomic E-state index is 11.2. The third-order valence-electron chi connectivity index (χ3n) is 2.66. The third-order valence-corrected chi connectivity index (χ3v) is 2.66. The molecule has 0 radical (unpaired) electrons. The molecule has 3 nitrogen and oxygen atoms in total. The Bertz CT molecular complexity index is 190. The summed E-state index contributed by atoms with van der Waals surface area (Å²) >= 11 is 0. The lowest BCUT2D eigenvalue weighted by Crippen LogP contribution is -2.33. The van der Waals surface area contributed by atoms with Crippen molar-refractivity contribution in [3.63, 3.8) is 0 Å². The van der Waals surface area contributed by atoms with Gasteiger partial charge in [0.25, 0.3) is 0 Å². The van der Waals surface area contributed by atoms with E-state index in [-0.39, 0.29) is 23.4 Å². The van der Waals surface area contributed by atoms with E-state index in [1.807, 2.05) is 0 Å². The van der Waals surface area contributed by atoms with Crippen LogP contribution in [-0.4, -0.2) is 24.7 Å². The van der Waals surface area contributed by atoms with Gasteiger partial charge in [0.1, 0.15) is 11.6 Å². The van der Waals surface area contributed by atoms with E-state index in [4.69, 9.17) is 0 Å². The van der Waals surface area contributed by atoms with E-state index in [2.05, 4.69) is 5.32 Å². The Balaban J connectivity index is 2.20. The normalized spacial score (nSPS) is 37.5. The van der Waals surface area contributed by atoms with Crippen LogP contribution in [-0.2, 0) is 9.59 Å². The van der Waals surface area contributed by atoms with Crippen LogP contribution in [0.4, 0.5) is 0 Å². The van der Waals surface area contributed by atoms with Crippen LogP contribution in [0, 0.1) is 11.8 Å². The lowest BCUT2D eigenvalue weighted by Gasteiger charge is -2.20. The minimum absolute atomic E-state index is 0.0104. The molecule has 2 aliphatic rings. The second-order valence-corrected chi connectivity index (χ2v) is 3.30. The van der Waals surface area contributed by atoms with E-state index < -0.39 is 0 Å². The van der Waals surface area contributed by atoms with Crippen LogP contribution in [0.5, 0.6) is 0 Å². The van der Waals surface area contributed by atoms with Gasteiger partial charge in [0.2, 0.25) is 0 Å². The molecule has 0 spiro atoms. The number of ketones is 2. The van der Waals surface area contributed by atoms with Gasteiger partial charge in [-0.05, 0) is 0 Å². The van der Waals surface area contributed by atoms with Gasteiger partial charge in [-0.3, -0.25) is 9.59 Å². The first-order valence-electron chi connectivity index (χ1n) is 4.05. The van der Waals surface area contributed by atoms with Gasteiger partial charge in [0, 0.05) is 37.8 Å². The predicted octanol–water partition coefficient (Wildman–Crippen LogP) is -0.246. The standard InChI is InChI=1S/C8H11NO2/c10-7-1-2-8(11)6-4-9-3-5(6)7/h5-6,9H,1-4H2. The Morgan fingerprint density at radius 3 is 1.91 bits per heavy atom. The first-order valence-corrected chi connectivity index (χ1v) is 4.05. The average Bonchev–Trinajstić information content (AvgIpc) is 2.45. The van der Waals surface area contributed by atoms with Crippen LogP contribution in [0.15, 0.2) is 0 Å². The van der Waals surface area contributed by atoms with E-state index in [9.17, 15) is 9.59 Å². The fourth-order valence-corrected chi connectivity index (χ4v) is 1.97. The van der Waals surface area contributed by atoms with Gasteiger partial charge in [-0.2, -0.15) is 0 Å². The van der Waals surface area contributed by atoms with Gasteiger partial charge in [-0.1, -0.05) is 0 Å². The van der Waals surface area contributed by atoms with Crippen LogP contribution < -0.4 is 5.32 Å². The number of carbonyl (C=O) groups is 2. The summed E-state index contributed by atoms with van der Waals surface area (Å²) in [6.07, 6.45) is 0.948. The molecule has 2 rings (SSSR count). The topological polar surface area (TPSA) is 46.2 Å². The zero-order valence-electron chi connectivity index (χ0n) is 6.30. The molecule has 1 aliphatic carbocycles. The number of nitrogens with one attached hydrogen (secondary N) is 1. The Morgan fingerprint density at radius 1 is 1.00 bits per heavy atom. The summed E-state index contributed by atoms with van der Waals surface area (Å²) in [6, 6.07) is 0. The molecule has 1 saturated carbocycles. The fourth-order valence-electron chi connectivity index (χ4n) is 1.97. The molecular formula is C8H11NO2. The molecule has 0 aromatic heterocycles. The largest absolute Gasteiger partial charge is 0.315 e. The Morgan fingerprint density at radius 2 is 1.45 bits per heavy atom. The Kier molecular flexibility index (Phi) is 1.53. The van der Waals surface area contributed by atoms with E-state index in [0.717, 1.165) is 13.1 Å². The molecule has 60 valence electrons. The molecule has 0 aromatic carbocycles. The SMILES string of the molecule is O=C1CCC(=O)C2CNCC12. The molecule has 11 heavy (non-hydrogen) atoms. The number of hydrogen-bond donors (Lipinski definition) is 1. The Labute approximate surface area is 65.2 Å². The molecule has 2 unspecified atom stereocenters. The predicted molar refractivity (Wildman–Crippen MR) is 39.1 cm³/mol. The highest BCUT2D eigenvalue weighted by Gasteiger charge is 2.40. The van der Waals surface area contributed by atoms with Gasteiger partial charge < -0.3 is 5.32 Å². The van der Waals surface area contributed by atoms with Gasteiger partial charge in [-0.25, -0.2) is 0 Å². The summed E-state index contributed by atoms with van der Waals surface area (Å²) in [4.78, 5) is 22.5. The summed E-state index contributed by atoms with van der Waals surface area (Å²) in [6.45, 7) is 1.44. The number of fused-ring (bicyclic) bond motifs is 1. The summed E-state index contributed by atoms with van der Waals surface area (Å²) in [5.41, 5.74) is 0. The maximum absolute atomic E-state index is 11.2. The summed E-state index contributed by atoms with van der Waals surface area (Å²) < 4.78 is 0. The van der Waals surface area contributed by atoms with Crippen molar-refractivity contribution in [3.8, 4) is 0 Å². The second-order valence-electron chi connectivity index (χ2n) is 3.30. The van der Waals surface area contributed by atoms with Crippen molar-refractivity contribution in [3.05, 3.63) is 0 Å². The van der Waals surface area contributed by atoms with E-state index in [1.54, 1.807) is 0 Å². The van der Waals surface area contributed by atoms with Crippen LogP contribution in [0.25, 0.3) is 0 Å². The van der Waals surface area contributed by atoms with E-state index in [0.29, 0.717) is 12.8 Å². The fraction of sp³-hybridized carbons (Fsp3) is 0.750. The number of rotatable bonds is 0. The Hall–Kier alpha value is -0.700. The van der Waals surface area contributed by atoms with E-state index >= 15 is 0 Å². The zero-order chi connectivity index (χ0) is 7.84. The summed E-state index contributed by atoms with van der Waals surface area (Å²) in [7, 11) is 0. The first-order chi connectivity index (χ1) is 5.29. The van der Waals surface area contributed by atoms with Gasteiger partial charge in [0.15, 0.2) is 0 Å². The number of Topliss-reactive ketones (excluding diaryl/α,β-unsaturated/α-hetero) is 2. The highest BCUT2D eigenvalue weighted by molar-refractivity contribution is 5.97. The van der Waals surface area contributed by atoms with Crippen molar-refractivity contribution in [2.24, 2.45) is 11.8 Å². The molecule has 2 fully saturated rings. The highest BCUT2D eigenvalue weighted by atomic mass is 16.1. The maximum Gasteiger partial charge on any atom is 0.138 e. The van der Waals surface area contributed by atoms with Gasteiger partial charge in [-0.15, -0.1) is 0 Å². The van der Waals surface area contributed by atoms with Crippen LogP contribution >= 0.6 is 0 Å². The molecular weight excluding hydrogens is 142 g/mol. The molecule has 1 aliphatic heterocycles. The van der Waals surface area contributed by atoms with Gasteiger partial charge >= 0.3 is 0 Å². The van der Waals surface area contributed by atoms with Crippen LogP contribution in [0.2, 0.25) is 0 Å². The lowest BCUT2D eigenvalue weighted by molar-refractivity contribution is -0.135. The summed E-state index contributed by atoms with van der Waals surface area (Å²) in [5.74, 6) is 0.576. The quantitative estimate of drug-likeness (QED) is 0.522. The molecule has 2 atom stereocenters. The summed E-state index contributed by atoms with van der Waals surface area (Å²) in [5, 5.41) is 3.08. The van der Waals surface area contributed by atoms with Crippen molar-refractivity contribution in [1.82, 2.24) is 5.32 Å². The molecule has 1 heterocycles. The van der Waals surface area contributed by atoms with Crippen LogP contribution in [0.1, 0.15) is 12.8 Å². The van der Waals surface area contributed by atoms with Crippen molar-refractivity contribution in [2.75, 3.05) is 13.1 Å². The third kappa shape index (κ3) is 0.997. The van der Waals surface area contributed by atoms with Crippen LogP contribution in [0.3, 0.4) is 0 Å².